The number of likely N-dealkylation sites (N-methyl/N-ethyl adjacent to an activating group) is 1. The molecule has 1 atom stereocenters. The van der Waals surface area contributed by atoms with E-state index < -0.39 is 0 Å². The molecule has 70 valence electrons. The molecular weight excluding hydrogens is 156 g/mol. The Morgan fingerprint density at radius 1 is 1.75 bits per heavy atom. The molecule has 1 fully saturated rings. The van der Waals surface area contributed by atoms with Gasteiger partial charge in [0.2, 0.25) is 5.91 Å². The topological polar surface area (TPSA) is 52.6 Å². The molecule has 2 N–H and O–H groups in total. The Bertz CT molecular complexity index is 161. The second-order valence-electron chi connectivity index (χ2n) is 3.03. The zero-order valence-corrected chi connectivity index (χ0v) is 7.42. The predicted molar refractivity (Wildman–Crippen MR) is 45.7 cm³/mol. The highest BCUT2D eigenvalue weighted by atomic mass is 16.3. The van der Waals surface area contributed by atoms with E-state index in [1.165, 1.54) is 0 Å². The molecule has 0 spiro atoms. The average molecular weight is 172 g/mol. The number of rotatable bonds is 4. The molecule has 4 heteroatoms. The first-order chi connectivity index (χ1) is 5.79. The SMILES string of the molecule is CNC1CCN(CCCO)C1=O. The van der Waals surface area contributed by atoms with Crippen LogP contribution in [-0.2, 0) is 4.79 Å². The van der Waals surface area contributed by atoms with Gasteiger partial charge in [0.1, 0.15) is 0 Å². The number of carbonyl (C=O) groups is 1. The lowest BCUT2D eigenvalue weighted by atomic mass is 10.3. The summed E-state index contributed by atoms with van der Waals surface area (Å²) in [6, 6.07) is 0.00342. The molecule has 0 aromatic rings. The van der Waals surface area contributed by atoms with Gasteiger partial charge in [0, 0.05) is 19.7 Å². The molecule has 1 unspecified atom stereocenters. The number of hydrogen-bond acceptors (Lipinski definition) is 3. The third-order valence-corrected chi connectivity index (χ3v) is 2.23. The number of aliphatic hydroxyl groups excluding tert-OH is 1. The van der Waals surface area contributed by atoms with Gasteiger partial charge in [-0.3, -0.25) is 4.79 Å². The monoisotopic (exact) mass is 172 g/mol. The summed E-state index contributed by atoms with van der Waals surface area (Å²) in [5, 5.41) is 11.5. The highest BCUT2D eigenvalue weighted by Crippen LogP contribution is 2.10. The number of amides is 1. The van der Waals surface area contributed by atoms with Crippen LogP contribution >= 0.6 is 0 Å². The molecule has 0 aromatic heterocycles. The van der Waals surface area contributed by atoms with Crippen molar-refractivity contribution in [1.29, 1.82) is 0 Å². The Morgan fingerprint density at radius 2 is 2.50 bits per heavy atom. The van der Waals surface area contributed by atoms with Crippen molar-refractivity contribution in [3.63, 3.8) is 0 Å². The molecule has 0 saturated carbocycles. The van der Waals surface area contributed by atoms with E-state index in [4.69, 9.17) is 5.11 Å². The Labute approximate surface area is 72.6 Å². The van der Waals surface area contributed by atoms with E-state index >= 15 is 0 Å². The molecule has 0 radical (unpaired) electrons. The first-order valence-electron chi connectivity index (χ1n) is 4.36. The van der Waals surface area contributed by atoms with E-state index in [1.807, 2.05) is 0 Å². The first kappa shape index (κ1) is 9.48. The standard InChI is InChI=1S/C8H16N2O2/c1-9-7-3-5-10(8(7)12)4-2-6-11/h7,9,11H,2-6H2,1H3. The molecule has 0 aromatic carbocycles. The van der Waals surface area contributed by atoms with Crippen molar-refractivity contribution in [2.75, 3.05) is 26.7 Å². The van der Waals surface area contributed by atoms with Crippen LogP contribution in [-0.4, -0.2) is 48.7 Å². The van der Waals surface area contributed by atoms with Crippen LogP contribution in [0.4, 0.5) is 0 Å². The minimum Gasteiger partial charge on any atom is -0.396 e. The number of likely N-dealkylation sites (tertiary alicyclic amines) is 1. The minimum absolute atomic E-state index is 0.00342. The molecule has 1 rings (SSSR count). The van der Waals surface area contributed by atoms with Crippen molar-refractivity contribution in [3.8, 4) is 0 Å². The van der Waals surface area contributed by atoms with Gasteiger partial charge in [-0.15, -0.1) is 0 Å². The minimum atomic E-state index is 0.00342. The molecule has 1 aliphatic heterocycles. The van der Waals surface area contributed by atoms with E-state index in [9.17, 15) is 4.79 Å². The second kappa shape index (κ2) is 4.42. The Morgan fingerprint density at radius 3 is 3.00 bits per heavy atom. The van der Waals surface area contributed by atoms with Crippen LogP contribution in [0.3, 0.4) is 0 Å². The summed E-state index contributed by atoms with van der Waals surface area (Å²) in [5.41, 5.74) is 0. The highest BCUT2D eigenvalue weighted by molar-refractivity contribution is 5.83. The Hall–Kier alpha value is -0.610. The number of hydrogen-bond donors (Lipinski definition) is 2. The number of nitrogens with zero attached hydrogens (tertiary/aromatic N) is 1. The number of carbonyl (C=O) groups excluding carboxylic acids is 1. The average Bonchev–Trinajstić information content (AvgIpc) is 2.43. The zero-order valence-electron chi connectivity index (χ0n) is 7.42. The van der Waals surface area contributed by atoms with Crippen LogP contribution in [0.15, 0.2) is 0 Å². The van der Waals surface area contributed by atoms with Gasteiger partial charge >= 0.3 is 0 Å². The molecule has 1 saturated heterocycles. The Balaban J connectivity index is 2.33. The van der Waals surface area contributed by atoms with Gasteiger partial charge in [0.15, 0.2) is 0 Å². The molecule has 1 amide bonds. The van der Waals surface area contributed by atoms with Gasteiger partial charge in [-0.25, -0.2) is 0 Å². The lowest BCUT2D eigenvalue weighted by molar-refractivity contribution is -0.129. The summed E-state index contributed by atoms with van der Waals surface area (Å²) < 4.78 is 0. The lowest BCUT2D eigenvalue weighted by Gasteiger charge is -2.15. The summed E-state index contributed by atoms with van der Waals surface area (Å²) >= 11 is 0. The molecule has 1 aliphatic rings. The fourth-order valence-corrected chi connectivity index (χ4v) is 1.49. The molecule has 1 heterocycles. The highest BCUT2D eigenvalue weighted by Gasteiger charge is 2.29. The molecule has 0 aliphatic carbocycles. The maximum Gasteiger partial charge on any atom is 0.239 e. The van der Waals surface area contributed by atoms with Crippen molar-refractivity contribution in [2.24, 2.45) is 0 Å². The van der Waals surface area contributed by atoms with Gasteiger partial charge in [0.25, 0.3) is 0 Å². The van der Waals surface area contributed by atoms with Crippen molar-refractivity contribution >= 4 is 5.91 Å². The van der Waals surface area contributed by atoms with Gasteiger partial charge in [-0.05, 0) is 19.9 Å². The van der Waals surface area contributed by atoms with Crippen LogP contribution in [0, 0.1) is 0 Å². The van der Waals surface area contributed by atoms with Crippen LogP contribution in [0.25, 0.3) is 0 Å². The third kappa shape index (κ3) is 1.95. The van der Waals surface area contributed by atoms with Crippen LogP contribution < -0.4 is 5.32 Å². The van der Waals surface area contributed by atoms with Gasteiger partial charge in [-0.1, -0.05) is 0 Å². The van der Waals surface area contributed by atoms with E-state index in [0.717, 1.165) is 13.0 Å². The summed E-state index contributed by atoms with van der Waals surface area (Å²) in [4.78, 5) is 13.2. The molecule has 12 heavy (non-hydrogen) atoms. The third-order valence-electron chi connectivity index (χ3n) is 2.23. The quantitative estimate of drug-likeness (QED) is 0.583. The Kier molecular flexibility index (Phi) is 3.49. The summed E-state index contributed by atoms with van der Waals surface area (Å²) in [7, 11) is 1.80. The van der Waals surface area contributed by atoms with Gasteiger partial charge in [-0.2, -0.15) is 0 Å². The molecular formula is C8H16N2O2. The van der Waals surface area contributed by atoms with Crippen molar-refractivity contribution in [2.45, 2.75) is 18.9 Å². The smallest absolute Gasteiger partial charge is 0.239 e. The van der Waals surface area contributed by atoms with Gasteiger partial charge in [0.05, 0.1) is 6.04 Å². The summed E-state index contributed by atoms with van der Waals surface area (Å²) in [5.74, 6) is 0.172. The molecule has 4 nitrogen and oxygen atoms in total. The van der Waals surface area contributed by atoms with Crippen molar-refractivity contribution < 1.29 is 9.90 Å². The van der Waals surface area contributed by atoms with Crippen LogP contribution in [0.2, 0.25) is 0 Å². The van der Waals surface area contributed by atoms with E-state index in [0.29, 0.717) is 13.0 Å². The van der Waals surface area contributed by atoms with E-state index in [2.05, 4.69) is 5.32 Å². The van der Waals surface area contributed by atoms with Crippen LogP contribution in [0.1, 0.15) is 12.8 Å². The van der Waals surface area contributed by atoms with Crippen molar-refractivity contribution in [1.82, 2.24) is 10.2 Å². The largest absolute Gasteiger partial charge is 0.396 e. The lowest BCUT2D eigenvalue weighted by Crippen LogP contribution is -2.36. The van der Waals surface area contributed by atoms with E-state index in [1.54, 1.807) is 11.9 Å². The second-order valence-corrected chi connectivity index (χ2v) is 3.03. The fourth-order valence-electron chi connectivity index (χ4n) is 1.49. The normalized spacial score (nSPS) is 23.7. The summed E-state index contributed by atoms with van der Waals surface area (Å²) in [6.45, 7) is 1.67. The predicted octanol–water partition coefficient (Wildman–Crippen LogP) is -0.811. The van der Waals surface area contributed by atoms with Crippen LogP contribution in [0.5, 0.6) is 0 Å². The van der Waals surface area contributed by atoms with E-state index in [-0.39, 0.29) is 18.6 Å². The zero-order chi connectivity index (χ0) is 8.97. The maximum atomic E-state index is 11.4. The molecule has 0 bridgehead atoms. The summed E-state index contributed by atoms with van der Waals surface area (Å²) in [6.07, 6.45) is 1.57. The van der Waals surface area contributed by atoms with Crippen molar-refractivity contribution in [3.05, 3.63) is 0 Å². The van der Waals surface area contributed by atoms with Gasteiger partial charge < -0.3 is 15.3 Å². The number of aliphatic hydroxyl groups is 1. The maximum absolute atomic E-state index is 11.4. The number of nitrogens with one attached hydrogen (secondary N) is 1. The fraction of sp³-hybridized carbons (Fsp3) is 0.875. The first-order valence-corrected chi connectivity index (χ1v) is 4.36.